The van der Waals surface area contributed by atoms with Crippen LogP contribution in [0.2, 0.25) is 0 Å². The van der Waals surface area contributed by atoms with Crippen molar-refractivity contribution in [3.05, 3.63) is 52.7 Å². The third-order valence-electron chi connectivity index (χ3n) is 3.56. The molecule has 0 fully saturated rings. The molecule has 134 valence electrons. The second-order valence-electron chi connectivity index (χ2n) is 5.49. The van der Waals surface area contributed by atoms with Gasteiger partial charge < -0.3 is 10.1 Å². The highest BCUT2D eigenvalue weighted by molar-refractivity contribution is 7.18. The molecule has 8 nitrogen and oxygen atoms in total. The largest absolute Gasteiger partial charge is 0.462 e. The number of rotatable bonds is 6. The lowest BCUT2D eigenvalue weighted by molar-refractivity contribution is -0.115. The van der Waals surface area contributed by atoms with E-state index in [0.29, 0.717) is 16.5 Å². The van der Waals surface area contributed by atoms with Crippen molar-refractivity contribution >= 4 is 28.2 Å². The molecule has 3 rings (SSSR count). The van der Waals surface area contributed by atoms with Crippen LogP contribution in [-0.4, -0.2) is 38.7 Å². The average molecular weight is 371 g/mol. The van der Waals surface area contributed by atoms with Crippen molar-refractivity contribution in [1.29, 1.82) is 0 Å². The van der Waals surface area contributed by atoms with Gasteiger partial charge >= 0.3 is 5.97 Å². The molecule has 2 aromatic heterocycles. The van der Waals surface area contributed by atoms with Crippen molar-refractivity contribution in [2.45, 2.75) is 20.3 Å². The molecule has 1 N–H and O–H groups in total. The zero-order valence-corrected chi connectivity index (χ0v) is 15.1. The van der Waals surface area contributed by atoms with E-state index in [0.717, 1.165) is 16.8 Å². The first-order chi connectivity index (χ1) is 12.6. The van der Waals surface area contributed by atoms with Gasteiger partial charge in [-0.25, -0.2) is 9.48 Å². The minimum atomic E-state index is -0.367. The van der Waals surface area contributed by atoms with Gasteiger partial charge in [-0.2, -0.15) is 0 Å². The smallest absolute Gasteiger partial charge is 0.348 e. The van der Waals surface area contributed by atoms with Crippen LogP contribution < -0.4 is 5.32 Å². The summed E-state index contributed by atoms with van der Waals surface area (Å²) in [6, 6.07) is 9.15. The second kappa shape index (κ2) is 7.87. The number of aryl methyl sites for hydroxylation is 1. The highest BCUT2D eigenvalue weighted by Crippen LogP contribution is 2.27. The molecule has 26 heavy (non-hydrogen) atoms. The molecule has 0 spiro atoms. The fourth-order valence-corrected chi connectivity index (χ4v) is 3.34. The number of anilines is 1. The summed E-state index contributed by atoms with van der Waals surface area (Å²) in [5, 5.41) is 14.4. The van der Waals surface area contributed by atoms with Crippen LogP contribution in [-0.2, 0) is 16.0 Å². The molecule has 0 radical (unpaired) electrons. The van der Waals surface area contributed by atoms with Crippen LogP contribution in [0.5, 0.6) is 0 Å². The van der Waals surface area contributed by atoms with Crippen molar-refractivity contribution in [2.75, 3.05) is 11.9 Å². The first kappa shape index (κ1) is 17.7. The Hall–Kier alpha value is -3.07. The van der Waals surface area contributed by atoms with Gasteiger partial charge in [0.2, 0.25) is 5.91 Å². The van der Waals surface area contributed by atoms with Crippen molar-refractivity contribution in [2.24, 2.45) is 0 Å². The third kappa shape index (κ3) is 4.12. The summed E-state index contributed by atoms with van der Waals surface area (Å²) in [5.41, 5.74) is 2.46. The zero-order chi connectivity index (χ0) is 18.5. The van der Waals surface area contributed by atoms with E-state index >= 15 is 0 Å². The molecule has 2 heterocycles. The number of amides is 1. The molecule has 1 aromatic carbocycles. The van der Waals surface area contributed by atoms with Crippen LogP contribution in [0.25, 0.3) is 5.69 Å². The lowest BCUT2D eigenvalue weighted by Crippen LogP contribution is -2.13. The van der Waals surface area contributed by atoms with Crippen LogP contribution in [0, 0.1) is 6.92 Å². The summed E-state index contributed by atoms with van der Waals surface area (Å²) in [4.78, 5) is 24.6. The second-order valence-corrected chi connectivity index (χ2v) is 6.54. The quantitative estimate of drug-likeness (QED) is 0.668. The zero-order valence-electron chi connectivity index (χ0n) is 14.3. The van der Waals surface area contributed by atoms with Gasteiger partial charge in [-0.15, -0.1) is 16.4 Å². The topological polar surface area (TPSA) is 99.0 Å². The summed E-state index contributed by atoms with van der Waals surface area (Å²) in [7, 11) is 0. The Morgan fingerprint density at radius 1 is 1.27 bits per heavy atom. The molecular weight excluding hydrogens is 354 g/mol. The molecule has 1 amide bonds. The Labute approximate surface area is 153 Å². The van der Waals surface area contributed by atoms with E-state index in [4.69, 9.17) is 4.74 Å². The van der Waals surface area contributed by atoms with Crippen LogP contribution in [0.4, 0.5) is 5.00 Å². The van der Waals surface area contributed by atoms with Gasteiger partial charge in [0.1, 0.15) is 11.2 Å². The number of nitrogens with zero attached hydrogens (tertiary/aromatic N) is 4. The van der Waals surface area contributed by atoms with Crippen molar-refractivity contribution in [1.82, 2.24) is 20.2 Å². The molecule has 9 heteroatoms. The van der Waals surface area contributed by atoms with Gasteiger partial charge in [0.05, 0.1) is 23.7 Å². The van der Waals surface area contributed by atoms with Crippen molar-refractivity contribution < 1.29 is 14.3 Å². The molecule has 3 aromatic rings. The maximum atomic E-state index is 12.3. The summed E-state index contributed by atoms with van der Waals surface area (Å²) in [5.74, 6) is -0.523. The molecule has 0 unspecified atom stereocenters. The summed E-state index contributed by atoms with van der Waals surface area (Å²) >= 11 is 1.22. The molecule has 0 saturated carbocycles. The van der Waals surface area contributed by atoms with Crippen LogP contribution in [0.15, 0.2) is 36.7 Å². The fourth-order valence-electron chi connectivity index (χ4n) is 2.36. The number of thiophene rings is 1. The van der Waals surface area contributed by atoms with E-state index < -0.39 is 0 Å². The van der Waals surface area contributed by atoms with Gasteiger partial charge in [0.25, 0.3) is 0 Å². The number of hydrogen-bond acceptors (Lipinski definition) is 7. The first-order valence-electron chi connectivity index (χ1n) is 7.96. The molecule has 0 bridgehead atoms. The molecule has 0 aliphatic carbocycles. The number of carbonyl (C=O) groups excluding carboxylic acids is 2. The standard InChI is InChI=1S/C17H17N5O3S/c1-3-25-17(24)16-11(2)8-15(26-16)19-14(23)9-12-4-6-13(7-5-12)22-10-18-20-21-22/h4-8,10H,3,9H2,1-2H3,(H,19,23). The van der Waals surface area contributed by atoms with Crippen LogP contribution >= 0.6 is 11.3 Å². The highest BCUT2D eigenvalue weighted by Gasteiger charge is 2.16. The number of benzene rings is 1. The Kier molecular flexibility index (Phi) is 5.37. The average Bonchev–Trinajstić information content (AvgIpc) is 3.25. The minimum absolute atomic E-state index is 0.156. The fraction of sp³-hybridized carbons (Fsp3) is 0.235. The SMILES string of the molecule is CCOC(=O)c1sc(NC(=O)Cc2ccc(-n3cnnn3)cc2)cc1C. The number of tetrazole rings is 1. The molecular formula is C17H17N5O3S. The van der Waals surface area contributed by atoms with Crippen LogP contribution in [0.3, 0.4) is 0 Å². The Morgan fingerprint density at radius 3 is 2.69 bits per heavy atom. The van der Waals surface area contributed by atoms with Crippen molar-refractivity contribution in [3.63, 3.8) is 0 Å². The number of esters is 1. The lowest BCUT2D eigenvalue weighted by Gasteiger charge is -2.04. The maximum absolute atomic E-state index is 12.3. The normalized spacial score (nSPS) is 10.5. The third-order valence-corrected chi connectivity index (χ3v) is 4.69. The molecule has 0 saturated heterocycles. The van der Waals surface area contributed by atoms with E-state index in [1.54, 1.807) is 13.0 Å². The van der Waals surface area contributed by atoms with Gasteiger partial charge in [-0.3, -0.25) is 4.79 Å². The van der Waals surface area contributed by atoms with Crippen LogP contribution in [0.1, 0.15) is 27.7 Å². The monoisotopic (exact) mass is 371 g/mol. The molecule has 0 aliphatic rings. The van der Waals surface area contributed by atoms with Gasteiger partial charge in [0, 0.05) is 0 Å². The van der Waals surface area contributed by atoms with E-state index in [1.165, 1.54) is 22.3 Å². The predicted molar refractivity (Wildman–Crippen MR) is 96.5 cm³/mol. The molecule has 0 aliphatic heterocycles. The Bertz CT molecular complexity index is 903. The van der Waals surface area contributed by atoms with E-state index in [9.17, 15) is 9.59 Å². The summed E-state index contributed by atoms with van der Waals surface area (Å²) in [6.07, 6.45) is 1.73. The van der Waals surface area contributed by atoms with E-state index in [2.05, 4.69) is 20.8 Å². The van der Waals surface area contributed by atoms with Gasteiger partial charge in [-0.1, -0.05) is 12.1 Å². The Morgan fingerprint density at radius 2 is 2.04 bits per heavy atom. The number of aromatic nitrogens is 4. The van der Waals surface area contributed by atoms with E-state index in [1.807, 2.05) is 31.2 Å². The summed E-state index contributed by atoms with van der Waals surface area (Å²) < 4.78 is 6.54. The van der Waals surface area contributed by atoms with Gasteiger partial charge in [-0.05, 0) is 53.6 Å². The number of carbonyl (C=O) groups is 2. The minimum Gasteiger partial charge on any atom is -0.462 e. The lowest BCUT2D eigenvalue weighted by atomic mass is 10.1. The maximum Gasteiger partial charge on any atom is 0.348 e. The van der Waals surface area contributed by atoms with E-state index in [-0.39, 0.29) is 18.3 Å². The highest BCUT2D eigenvalue weighted by atomic mass is 32.1. The first-order valence-corrected chi connectivity index (χ1v) is 8.78. The number of nitrogens with one attached hydrogen (secondary N) is 1. The van der Waals surface area contributed by atoms with Gasteiger partial charge in [0.15, 0.2) is 0 Å². The van der Waals surface area contributed by atoms with Crippen molar-refractivity contribution in [3.8, 4) is 5.69 Å². The molecule has 0 atom stereocenters. The Balaban J connectivity index is 1.62. The summed E-state index contributed by atoms with van der Waals surface area (Å²) in [6.45, 7) is 3.89. The number of hydrogen-bond donors (Lipinski definition) is 1. The predicted octanol–water partition coefficient (Wildman–Crippen LogP) is 2.39. The number of ether oxygens (including phenoxy) is 1.